The number of alkyl carbamates (subject to hydrolysis) is 1. The van der Waals surface area contributed by atoms with E-state index in [0.717, 1.165) is 19.3 Å². The molecule has 2 saturated carbocycles. The van der Waals surface area contributed by atoms with Gasteiger partial charge in [-0.25, -0.2) is 9.48 Å². The summed E-state index contributed by atoms with van der Waals surface area (Å²) in [5, 5.41) is 20.1. The number of carbonyl (C=O) groups is 2. The number of hydrogen-bond acceptors (Lipinski definition) is 7. The molecule has 5 N–H and O–H groups in total. The van der Waals surface area contributed by atoms with Gasteiger partial charge in [-0.1, -0.05) is 20.3 Å². The van der Waals surface area contributed by atoms with E-state index in [9.17, 15) is 14.7 Å². The minimum atomic E-state index is -0.711. The first-order valence-electron chi connectivity index (χ1n) is 12.4. The zero-order valence-corrected chi connectivity index (χ0v) is 21.5. The Morgan fingerprint density at radius 2 is 2.00 bits per heavy atom. The summed E-state index contributed by atoms with van der Waals surface area (Å²) in [6.07, 6.45) is 8.88. The molecule has 0 radical (unpaired) electrons. The van der Waals surface area contributed by atoms with Crippen LogP contribution in [0.1, 0.15) is 70.2 Å². The number of aromatic nitrogens is 2. The van der Waals surface area contributed by atoms with Crippen LogP contribution >= 0.6 is 0 Å². The van der Waals surface area contributed by atoms with Gasteiger partial charge in [-0.3, -0.25) is 4.79 Å². The molecular weight excluding hydrogens is 450 g/mol. The molecule has 2 atom stereocenters. The van der Waals surface area contributed by atoms with Gasteiger partial charge in [0.05, 0.1) is 32.1 Å². The molecule has 0 aliphatic heterocycles. The molecule has 10 nitrogen and oxygen atoms in total. The maximum absolute atomic E-state index is 13.4. The van der Waals surface area contributed by atoms with Crippen molar-refractivity contribution in [1.29, 1.82) is 0 Å². The highest BCUT2D eigenvalue weighted by Crippen LogP contribution is 2.43. The first kappa shape index (κ1) is 27.0. The van der Waals surface area contributed by atoms with Crippen LogP contribution in [0.3, 0.4) is 0 Å². The minimum Gasteiger partial charge on any atom is -0.477 e. The number of aliphatic hydroxyl groups is 1. The van der Waals surface area contributed by atoms with Crippen LogP contribution in [0.5, 0.6) is 5.88 Å². The summed E-state index contributed by atoms with van der Waals surface area (Å²) < 4.78 is 12.2. The van der Waals surface area contributed by atoms with E-state index >= 15 is 0 Å². The van der Waals surface area contributed by atoms with Crippen LogP contribution in [0.2, 0.25) is 0 Å². The second kappa shape index (κ2) is 11.0. The number of ether oxygens (including phenoxy) is 2. The fraction of sp³-hybridized carbons (Fsp3) is 0.720. The largest absolute Gasteiger partial charge is 0.477 e. The standard InChI is InChI=1S/C25H41N5O5/c1-16(2)14-35-22-19(13-27-30(22)10-9-24(3,4)29-23(33)34-5)21(32)28-20-17-7-6-8-18(20)12-25(26,11-17)15-31/h9-10,13,16-18,20,31H,6-8,11-12,14-15,26H2,1-5H3,(H,28,32)(H,29,33)/b10-9+/t17?,18?,20-,25+. The average Bonchev–Trinajstić information content (AvgIpc) is 3.19. The number of nitrogens with two attached hydrogens (primary N) is 1. The van der Waals surface area contributed by atoms with E-state index in [1.807, 2.05) is 27.7 Å². The lowest BCUT2D eigenvalue weighted by Gasteiger charge is -2.49. The average molecular weight is 492 g/mol. The molecule has 10 heteroatoms. The Hall–Kier alpha value is -2.59. The summed E-state index contributed by atoms with van der Waals surface area (Å²) in [5.74, 6) is 0.855. The molecular formula is C25H41N5O5. The molecule has 0 saturated heterocycles. The third-order valence-electron chi connectivity index (χ3n) is 6.91. The topological polar surface area (TPSA) is 141 Å². The fourth-order valence-electron chi connectivity index (χ4n) is 5.18. The quantitative estimate of drug-likeness (QED) is 0.416. The van der Waals surface area contributed by atoms with Crippen molar-refractivity contribution < 1.29 is 24.2 Å². The van der Waals surface area contributed by atoms with Crippen LogP contribution in [0.25, 0.3) is 6.20 Å². The van der Waals surface area contributed by atoms with Crippen LogP contribution in [0.15, 0.2) is 12.3 Å². The number of aliphatic hydroxyl groups excluding tert-OH is 1. The fourth-order valence-corrected chi connectivity index (χ4v) is 5.18. The third kappa shape index (κ3) is 6.76. The summed E-state index contributed by atoms with van der Waals surface area (Å²) >= 11 is 0. The summed E-state index contributed by atoms with van der Waals surface area (Å²) in [7, 11) is 1.31. The molecule has 2 amide bonds. The van der Waals surface area contributed by atoms with E-state index in [1.165, 1.54) is 18.0 Å². The lowest BCUT2D eigenvalue weighted by atomic mass is 9.62. The highest BCUT2D eigenvalue weighted by atomic mass is 16.5. The third-order valence-corrected chi connectivity index (χ3v) is 6.91. The Labute approximate surface area is 207 Å². The van der Waals surface area contributed by atoms with Crippen LogP contribution in [-0.2, 0) is 4.74 Å². The Kier molecular flexibility index (Phi) is 8.48. The van der Waals surface area contributed by atoms with Gasteiger partial charge in [-0.05, 0) is 63.4 Å². The molecule has 196 valence electrons. The Morgan fingerprint density at radius 1 is 1.34 bits per heavy atom. The molecule has 1 aromatic heterocycles. The number of methoxy groups -OCH3 is 1. The summed E-state index contributed by atoms with van der Waals surface area (Å²) in [6, 6.07) is 0.0134. The number of nitrogens with one attached hydrogen (secondary N) is 2. The predicted octanol–water partition coefficient (Wildman–Crippen LogP) is 2.52. The number of rotatable bonds is 9. The van der Waals surface area contributed by atoms with Crippen LogP contribution < -0.4 is 21.1 Å². The predicted molar refractivity (Wildman–Crippen MR) is 133 cm³/mol. The highest BCUT2D eigenvalue weighted by molar-refractivity contribution is 5.96. The Balaban J connectivity index is 1.80. The number of fused-ring (bicyclic) bond motifs is 2. The van der Waals surface area contributed by atoms with Gasteiger partial charge < -0.3 is 30.9 Å². The van der Waals surface area contributed by atoms with Crippen molar-refractivity contribution in [3.63, 3.8) is 0 Å². The van der Waals surface area contributed by atoms with E-state index in [2.05, 4.69) is 20.5 Å². The Morgan fingerprint density at radius 3 is 2.57 bits per heavy atom. The maximum atomic E-state index is 13.4. The number of carbonyl (C=O) groups excluding carboxylic acids is 2. The van der Waals surface area contributed by atoms with Crippen LogP contribution in [-0.4, -0.2) is 64.3 Å². The Bertz CT molecular complexity index is 911. The van der Waals surface area contributed by atoms with E-state index in [4.69, 9.17) is 10.5 Å². The minimum absolute atomic E-state index is 0.0134. The van der Waals surface area contributed by atoms with Crippen molar-refractivity contribution in [1.82, 2.24) is 20.4 Å². The van der Waals surface area contributed by atoms with Gasteiger partial charge in [0.25, 0.3) is 5.91 Å². The van der Waals surface area contributed by atoms with E-state index in [0.29, 0.717) is 30.9 Å². The van der Waals surface area contributed by atoms with Crippen molar-refractivity contribution in [2.45, 2.75) is 76.9 Å². The van der Waals surface area contributed by atoms with E-state index in [1.54, 1.807) is 12.3 Å². The van der Waals surface area contributed by atoms with Gasteiger partial charge in [-0.15, -0.1) is 0 Å². The van der Waals surface area contributed by atoms with Gasteiger partial charge >= 0.3 is 6.09 Å². The molecule has 1 heterocycles. The van der Waals surface area contributed by atoms with E-state index < -0.39 is 17.2 Å². The zero-order valence-electron chi connectivity index (χ0n) is 21.5. The van der Waals surface area contributed by atoms with Crippen molar-refractivity contribution in [2.24, 2.45) is 23.5 Å². The molecule has 2 unspecified atom stereocenters. The van der Waals surface area contributed by atoms with Crippen LogP contribution in [0, 0.1) is 17.8 Å². The van der Waals surface area contributed by atoms with Gasteiger partial charge in [-0.2, -0.15) is 5.10 Å². The molecule has 2 aliphatic rings. The van der Waals surface area contributed by atoms with Crippen molar-refractivity contribution >= 4 is 18.2 Å². The van der Waals surface area contributed by atoms with Gasteiger partial charge in [0, 0.05) is 17.8 Å². The lowest BCUT2D eigenvalue weighted by molar-refractivity contribution is 0.0339. The van der Waals surface area contributed by atoms with Crippen molar-refractivity contribution in [2.75, 3.05) is 20.3 Å². The first-order valence-corrected chi connectivity index (χ1v) is 12.4. The van der Waals surface area contributed by atoms with Crippen molar-refractivity contribution in [3.8, 4) is 5.88 Å². The summed E-state index contributed by atoms with van der Waals surface area (Å²) in [4.78, 5) is 25.0. The summed E-state index contributed by atoms with van der Waals surface area (Å²) in [5.41, 5.74) is 5.50. The lowest BCUT2D eigenvalue weighted by Crippen LogP contribution is -2.60. The number of amides is 2. The monoisotopic (exact) mass is 491 g/mol. The first-order chi connectivity index (χ1) is 16.5. The van der Waals surface area contributed by atoms with Gasteiger partial charge in [0.1, 0.15) is 5.56 Å². The van der Waals surface area contributed by atoms with Crippen LogP contribution in [0.4, 0.5) is 4.79 Å². The second-order valence-corrected chi connectivity index (χ2v) is 11.0. The molecule has 35 heavy (non-hydrogen) atoms. The second-order valence-electron chi connectivity index (χ2n) is 11.0. The molecule has 3 rings (SSSR count). The smallest absolute Gasteiger partial charge is 0.407 e. The molecule has 0 spiro atoms. The van der Waals surface area contributed by atoms with Gasteiger partial charge in [0.2, 0.25) is 5.88 Å². The molecule has 2 fully saturated rings. The van der Waals surface area contributed by atoms with Crippen molar-refractivity contribution in [3.05, 3.63) is 17.8 Å². The normalized spacial score (nSPS) is 26.6. The number of hydrogen-bond donors (Lipinski definition) is 4. The SMILES string of the molecule is COC(=O)NC(C)(C)/C=C/n1ncc(C(=O)N[C@H]2C3CCCC2C[C@@](N)(CO)C3)c1OCC(C)C. The van der Waals surface area contributed by atoms with E-state index in [-0.39, 0.29) is 36.3 Å². The summed E-state index contributed by atoms with van der Waals surface area (Å²) in [6.45, 7) is 8.08. The molecule has 1 aromatic rings. The maximum Gasteiger partial charge on any atom is 0.407 e. The van der Waals surface area contributed by atoms with Gasteiger partial charge in [0.15, 0.2) is 0 Å². The zero-order chi connectivity index (χ0) is 25.8. The highest BCUT2D eigenvalue weighted by Gasteiger charge is 2.46. The number of nitrogens with zero attached hydrogens (tertiary/aromatic N) is 2. The molecule has 2 bridgehead atoms. The molecule has 0 aromatic carbocycles. The molecule has 2 aliphatic carbocycles.